The average molecular weight is 397 g/mol. The lowest BCUT2D eigenvalue weighted by Crippen LogP contribution is -2.52. The standard InChI is InChI=1S/C19H20FN7O2/c20-19(18(28)26-9-10-29-15-1-4-21-11-14(15)12-26)2-6-25(7-3-19)16-17-23-13-24-27(17)8-5-22-16/h1,4-5,8,11,13H,2-3,6-7,9-10,12H2. The summed E-state index contributed by atoms with van der Waals surface area (Å²) in [6.07, 6.45) is 8.32. The molecule has 9 nitrogen and oxygen atoms in total. The van der Waals surface area contributed by atoms with Gasteiger partial charge in [-0.05, 0) is 6.07 Å². The van der Waals surface area contributed by atoms with Crippen LogP contribution >= 0.6 is 0 Å². The number of hydrogen-bond acceptors (Lipinski definition) is 7. The smallest absolute Gasteiger partial charge is 0.260 e. The molecular formula is C19H20FN7O2. The van der Waals surface area contributed by atoms with Crippen LogP contribution < -0.4 is 9.64 Å². The molecule has 1 saturated heterocycles. The topological polar surface area (TPSA) is 88.8 Å². The summed E-state index contributed by atoms with van der Waals surface area (Å²) in [5.74, 6) is 0.874. The molecule has 5 heterocycles. The van der Waals surface area contributed by atoms with Crippen LogP contribution in [0.2, 0.25) is 0 Å². The van der Waals surface area contributed by atoms with Crippen molar-refractivity contribution in [3.63, 3.8) is 0 Å². The van der Waals surface area contributed by atoms with Crippen molar-refractivity contribution in [1.29, 1.82) is 0 Å². The Hall–Kier alpha value is -3.30. The molecule has 0 unspecified atom stereocenters. The van der Waals surface area contributed by atoms with E-state index < -0.39 is 11.6 Å². The van der Waals surface area contributed by atoms with E-state index in [0.717, 1.165) is 5.56 Å². The number of fused-ring (bicyclic) bond motifs is 2. The van der Waals surface area contributed by atoms with E-state index in [-0.39, 0.29) is 12.8 Å². The van der Waals surface area contributed by atoms with Crippen molar-refractivity contribution < 1.29 is 13.9 Å². The Morgan fingerprint density at radius 1 is 1.17 bits per heavy atom. The number of amides is 1. The van der Waals surface area contributed by atoms with Gasteiger partial charge in [0.05, 0.1) is 13.1 Å². The summed E-state index contributed by atoms with van der Waals surface area (Å²) in [6, 6.07) is 1.77. The summed E-state index contributed by atoms with van der Waals surface area (Å²) in [4.78, 5) is 29.3. The normalized spacial score (nSPS) is 18.8. The molecule has 0 radical (unpaired) electrons. The van der Waals surface area contributed by atoms with E-state index >= 15 is 4.39 Å². The average Bonchev–Trinajstić information content (AvgIpc) is 3.13. The Kier molecular flexibility index (Phi) is 4.26. The molecule has 0 aliphatic carbocycles. The molecule has 0 aromatic carbocycles. The first kappa shape index (κ1) is 17.8. The van der Waals surface area contributed by atoms with E-state index in [1.807, 2.05) is 4.90 Å². The van der Waals surface area contributed by atoms with Crippen LogP contribution in [0.3, 0.4) is 0 Å². The number of ether oxygens (including phenoxy) is 1. The number of halogens is 1. The fraction of sp³-hybridized carbons (Fsp3) is 0.421. The summed E-state index contributed by atoms with van der Waals surface area (Å²) in [6.45, 7) is 1.75. The van der Waals surface area contributed by atoms with Gasteiger partial charge in [-0.15, -0.1) is 0 Å². The van der Waals surface area contributed by atoms with E-state index in [0.29, 0.717) is 50.0 Å². The third kappa shape index (κ3) is 3.14. The number of carbonyl (C=O) groups is 1. The molecule has 29 heavy (non-hydrogen) atoms. The summed E-state index contributed by atoms with van der Waals surface area (Å²) >= 11 is 0. The maximum Gasteiger partial charge on any atom is 0.260 e. The van der Waals surface area contributed by atoms with Crippen molar-refractivity contribution in [3.05, 3.63) is 42.7 Å². The second-order valence-electron chi connectivity index (χ2n) is 7.29. The molecule has 2 aliphatic rings. The number of piperidine rings is 1. The van der Waals surface area contributed by atoms with E-state index in [2.05, 4.69) is 20.1 Å². The molecule has 1 fully saturated rings. The van der Waals surface area contributed by atoms with Crippen LogP contribution in [0.4, 0.5) is 10.2 Å². The first-order valence-electron chi connectivity index (χ1n) is 9.57. The number of rotatable bonds is 2. The highest BCUT2D eigenvalue weighted by molar-refractivity contribution is 5.85. The minimum atomic E-state index is -1.90. The van der Waals surface area contributed by atoms with Crippen molar-refractivity contribution in [1.82, 2.24) is 29.5 Å². The number of nitrogens with zero attached hydrogens (tertiary/aromatic N) is 7. The van der Waals surface area contributed by atoms with Gasteiger partial charge in [-0.25, -0.2) is 18.9 Å². The second-order valence-corrected chi connectivity index (χ2v) is 7.29. The molecule has 3 aromatic heterocycles. The summed E-state index contributed by atoms with van der Waals surface area (Å²) in [7, 11) is 0. The van der Waals surface area contributed by atoms with E-state index in [1.54, 1.807) is 40.3 Å². The highest BCUT2D eigenvalue weighted by Crippen LogP contribution is 2.33. The number of anilines is 1. The van der Waals surface area contributed by atoms with Gasteiger partial charge in [-0.2, -0.15) is 5.10 Å². The lowest BCUT2D eigenvalue weighted by molar-refractivity contribution is -0.146. The molecule has 5 rings (SSSR count). The van der Waals surface area contributed by atoms with E-state index in [9.17, 15) is 4.79 Å². The summed E-state index contributed by atoms with van der Waals surface area (Å²) < 4.78 is 23.0. The van der Waals surface area contributed by atoms with Crippen LogP contribution in [0.15, 0.2) is 37.2 Å². The van der Waals surface area contributed by atoms with Crippen molar-refractivity contribution >= 4 is 17.4 Å². The third-order valence-corrected chi connectivity index (χ3v) is 5.54. The SMILES string of the molecule is O=C(N1CCOc2ccncc2C1)C1(F)CCN(c2nccn3ncnc23)CC1. The lowest BCUT2D eigenvalue weighted by Gasteiger charge is -2.38. The van der Waals surface area contributed by atoms with Gasteiger partial charge in [0, 0.05) is 56.3 Å². The van der Waals surface area contributed by atoms with Gasteiger partial charge in [0.1, 0.15) is 18.7 Å². The Balaban J connectivity index is 1.31. The lowest BCUT2D eigenvalue weighted by atomic mass is 9.91. The highest BCUT2D eigenvalue weighted by Gasteiger charge is 2.45. The quantitative estimate of drug-likeness (QED) is 0.643. The monoisotopic (exact) mass is 397 g/mol. The molecule has 10 heteroatoms. The number of hydrogen-bond donors (Lipinski definition) is 0. The van der Waals surface area contributed by atoms with Gasteiger partial charge in [0.15, 0.2) is 17.1 Å². The highest BCUT2D eigenvalue weighted by atomic mass is 19.1. The molecule has 0 N–H and O–H groups in total. The van der Waals surface area contributed by atoms with Crippen molar-refractivity contribution in [3.8, 4) is 5.75 Å². The predicted octanol–water partition coefficient (Wildman–Crippen LogP) is 1.25. The third-order valence-electron chi connectivity index (χ3n) is 5.54. The zero-order chi connectivity index (χ0) is 19.8. The largest absolute Gasteiger partial charge is 0.491 e. The zero-order valence-corrected chi connectivity index (χ0v) is 15.7. The van der Waals surface area contributed by atoms with Crippen LogP contribution in [-0.4, -0.2) is 67.3 Å². The Labute approximate surface area is 166 Å². The van der Waals surface area contributed by atoms with Crippen LogP contribution in [0.5, 0.6) is 5.75 Å². The fourth-order valence-corrected chi connectivity index (χ4v) is 3.94. The molecular weight excluding hydrogens is 377 g/mol. The number of pyridine rings is 1. The molecule has 0 atom stereocenters. The van der Waals surface area contributed by atoms with E-state index in [4.69, 9.17) is 4.74 Å². The van der Waals surface area contributed by atoms with Gasteiger partial charge in [0.2, 0.25) is 0 Å². The molecule has 1 amide bonds. The van der Waals surface area contributed by atoms with Crippen LogP contribution in [0.25, 0.3) is 5.65 Å². The second kappa shape index (κ2) is 6.94. The molecule has 0 spiro atoms. The Bertz CT molecular complexity index is 1050. The minimum Gasteiger partial charge on any atom is -0.491 e. The number of aromatic nitrogens is 5. The number of alkyl halides is 1. The minimum absolute atomic E-state index is 0.0972. The first-order chi connectivity index (χ1) is 14.1. The van der Waals surface area contributed by atoms with Crippen molar-refractivity contribution in [2.45, 2.75) is 25.1 Å². The maximum atomic E-state index is 15.7. The van der Waals surface area contributed by atoms with Gasteiger partial charge in [-0.1, -0.05) is 0 Å². The van der Waals surface area contributed by atoms with Crippen LogP contribution in [0, 0.1) is 0 Å². The van der Waals surface area contributed by atoms with Gasteiger partial charge < -0.3 is 14.5 Å². The van der Waals surface area contributed by atoms with Crippen LogP contribution in [-0.2, 0) is 11.3 Å². The van der Waals surface area contributed by atoms with Crippen molar-refractivity contribution in [2.24, 2.45) is 0 Å². The molecule has 2 aliphatic heterocycles. The zero-order valence-electron chi connectivity index (χ0n) is 15.7. The predicted molar refractivity (Wildman–Crippen MR) is 101 cm³/mol. The Morgan fingerprint density at radius 3 is 2.90 bits per heavy atom. The van der Waals surface area contributed by atoms with Gasteiger partial charge in [0.25, 0.3) is 5.91 Å². The van der Waals surface area contributed by atoms with Crippen molar-refractivity contribution in [2.75, 3.05) is 31.1 Å². The van der Waals surface area contributed by atoms with E-state index in [1.165, 1.54) is 6.33 Å². The fourth-order valence-electron chi connectivity index (χ4n) is 3.94. The molecule has 0 bridgehead atoms. The summed E-state index contributed by atoms with van der Waals surface area (Å²) in [5, 5.41) is 4.11. The van der Waals surface area contributed by atoms with Crippen LogP contribution in [0.1, 0.15) is 18.4 Å². The van der Waals surface area contributed by atoms with Gasteiger partial charge >= 0.3 is 0 Å². The molecule has 3 aromatic rings. The molecule has 0 saturated carbocycles. The molecule has 150 valence electrons. The maximum absolute atomic E-state index is 15.7. The summed E-state index contributed by atoms with van der Waals surface area (Å²) in [5.41, 5.74) is -0.483. The first-order valence-corrected chi connectivity index (χ1v) is 9.57. The van der Waals surface area contributed by atoms with Gasteiger partial charge in [-0.3, -0.25) is 9.78 Å². The number of carbonyl (C=O) groups excluding carboxylic acids is 1. The Morgan fingerprint density at radius 2 is 2.03 bits per heavy atom.